The van der Waals surface area contributed by atoms with Crippen molar-refractivity contribution in [3.8, 4) is 0 Å². The average molecular weight is 219 g/mol. The first-order valence-electron chi connectivity index (χ1n) is 4.33. The van der Waals surface area contributed by atoms with Crippen LogP contribution in [0.25, 0.3) is 0 Å². The van der Waals surface area contributed by atoms with Crippen LogP contribution in [-0.4, -0.2) is 13.4 Å². The van der Waals surface area contributed by atoms with Crippen molar-refractivity contribution in [1.82, 2.24) is 4.98 Å². The first-order chi connectivity index (χ1) is 6.24. The van der Waals surface area contributed by atoms with Crippen molar-refractivity contribution in [2.45, 2.75) is 32.6 Å². The Bertz CT molecular complexity index is 405. The van der Waals surface area contributed by atoms with Crippen LogP contribution in [0.1, 0.15) is 31.9 Å². The maximum absolute atomic E-state index is 10.5. The third-order valence-corrected chi connectivity index (χ3v) is 3.59. The molecule has 1 aromatic heterocycles. The van der Waals surface area contributed by atoms with Crippen molar-refractivity contribution in [2.75, 3.05) is 0 Å². The van der Waals surface area contributed by atoms with Gasteiger partial charge in [-0.05, 0) is 12.8 Å². The van der Waals surface area contributed by atoms with Gasteiger partial charge in [0.2, 0.25) is 14.2 Å². The zero-order valence-electron chi connectivity index (χ0n) is 7.54. The molecule has 0 saturated heterocycles. The van der Waals surface area contributed by atoms with Crippen LogP contribution in [0, 0.1) is 3.95 Å². The molecular formula is C8H13NO2S2. The van der Waals surface area contributed by atoms with Crippen molar-refractivity contribution in [3.05, 3.63) is 15.0 Å². The van der Waals surface area contributed by atoms with Crippen molar-refractivity contribution in [2.24, 2.45) is 0 Å². The van der Waals surface area contributed by atoms with Crippen molar-refractivity contribution >= 4 is 21.6 Å². The van der Waals surface area contributed by atoms with E-state index in [9.17, 15) is 8.42 Å². The number of hydrogen-bond donors (Lipinski definition) is 1. The van der Waals surface area contributed by atoms with E-state index in [1.54, 1.807) is 0 Å². The number of thiazole rings is 1. The molecule has 0 aromatic carbocycles. The number of aromatic nitrogens is 1. The quantitative estimate of drug-likeness (QED) is 0.623. The van der Waals surface area contributed by atoms with Gasteiger partial charge in [-0.1, -0.05) is 19.8 Å². The summed E-state index contributed by atoms with van der Waals surface area (Å²) < 4.78 is 21.4. The lowest BCUT2D eigenvalue weighted by Crippen LogP contribution is -1.84. The van der Waals surface area contributed by atoms with Crippen LogP contribution in [0.2, 0.25) is 0 Å². The van der Waals surface area contributed by atoms with E-state index in [4.69, 9.17) is 0 Å². The zero-order valence-corrected chi connectivity index (χ0v) is 9.17. The number of aryl methyl sites for hydroxylation is 1. The van der Waals surface area contributed by atoms with Gasteiger partial charge in [-0.15, -0.1) is 11.3 Å². The van der Waals surface area contributed by atoms with Crippen LogP contribution in [0.3, 0.4) is 0 Å². The normalized spacial score (nSPS) is 10.2. The average Bonchev–Trinajstić information content (AvgIpc) is 2.53. The van der Waals surface area contributed by atoms with E-state index in [-0.39, 0.29) is 0 Å². The lowest BCUT2D eigenvalue weighted by atomic mass is 10.2. The molecule has 1 heterocycles. The van der Waals surface area contributed by atoms with E-state index in [1.807, 2.05) is 5.38 Å². The highest BCUT2D eigenvalue weighted by Crippen LogP contribution is 2.07. The number of unbranched alkanes of at least 4 members (excludes halogenated alkanes) is 2. The van der Waals surface area contributed by atoms with Gasteiger partial charge in [-0.2, -0.15) is 8.42 Å². The van der Waals surface area contributed by atoms with E-state index in [2.05, 4.69) is 11.9 Å². The Labute approximate surface area is 83.0 Å². The molecule has 0 fully saturated rings. The van der Waals surface area contributed by atoms with Crippen LogP contribution < -0.4 is 0 Å². The lowest BCUT2D eigenvalue weighted by Gasteiger charge is -1.93. The summed E-state index contributed by atoms with van der Waals surface area (Å²) in [5.74, 6) is 0. The summed E-state index contributed by atoms with van der Waals surface area (Å²) in [6.07, 6.45) is 4.44. The minimum absolute atomic E-state index is 0.325. The Balaban J connectivity index is 2.66. The van der Waals surface area contributed by atoms with Crippen LogP contribution >= 0.6 is 11.3 Å². The maximum Gasteiger partial charge on any atom is 0.248 e. The molecule has 0 bridgehead atoms. The molecule has 74 valence electrons. The predicted molar refractivity (Wildman–Crippen MR) is 54.1 cm³/mol. The molecule has 0 spiro atoms. The van der Waals surface area contributed by atoms with Gasteiger partial charge in [0.25, 0.3) is 0 Å². The largest absolute Gasteiger partial charge is 0.337 e. The molecule has 5 heteroatoms. The Hall–Kier alpha value is -0.550. The Morgan fingerprint density at radius 1 is 1.46 bits per heavy atom. The van der Waals surface area contributed by atoms with E-state index in [1.165, 1.54) is 24.2 Å². The second-order valence-electron chi connectivity index (χ2n) is 2.87. The van der Waals surface area contributed by atoms with E-state index >= 15 is 0 Å². The summed E-state index contributed by atoms with van der Waals surface area (Å²) in [5, 5.41) is 1.88. The monoisotopic (exact) mass is 219 g/mol. The van der Waals surface area contributed by atoms with Gasteiger partial charge in [0.05, 0.1) is 0 Å². The lowest BCUT2D eigenvalue weighted by molar-refractivity contribution is 0.624. The maximum atomic E-state index is 10.5. The summed E-state index contributed by atoms with van der Waals surface area (Å²) >= 11 is 1.25. The Morgan fingerprint density at radius 3 is 2.77 bits per heavy atom. The molecule has 0 aliphatic heterocycles. The van der Waals surface area contributed by atoms with Gasteiger partial charge in [-0.25, -0.2) is 0 Å². The van der Waals surface area contributed by atoms with Gasteiger partial charge >= 0.3 is 0 Å². The van der Waals surface area contributed by atoms with E-state index in [0.29, 0.717) is 3.95 Å². The predicted octanol–water partition coefficient (Wildman–Crippen LogP) is 2.22. The fraction of sp³-hybridized carbons (Fsp3) is 0.625. The van der Waals surface area contributed by atoms with Gasteiger partial charge in [-0.3, -0.25) is 0 Å². The van der Waals surface area contributed by atoms with Crippen molar-refractivity contribution < 1.29 is 8.42 Å². The number of nitrogens with one attached hydrogen (secondary N) is 1. The van der Waals surface area contributed by atoms with Crippen molar-refractivity contribution in [1.29, 1.82) is 0 Å². The van der Waals surface area contributed by atoms with Crippen LogP contribution in [0.5, 0.6) is 0 Å². The summed E-state index contributed by atoms with van der Waals surface area (Å²) in [4.78, 5) is 2.88. The van der Waals surface area contributed by atoms with Crippen LogP contribution in [-0.2, 0) is 16.7 Å². The molecule has 0 atom stereocenters. The molecule has 0 saturated carbocycles. The van der Waals surface area contributed by atoms with Crippen LogP contribution in [0.4, 0.5) is 0 Å². The van der Waals surface area contributed by atoms with Crippen LogP contribution in [0.15, 0.2) is 5.38 Å². The van der Waals surface area contributed by atoms with E-state index < -0.39 is 10.3 Å². The van der Waals surface area contributed by atoms with Gasteiger partial charge in [0.15, 0.2) is 0 Å². The Kier molecular flexibility index (Phi) is 4.24. The standard InChI is InChI=1S/C8H13NO2S2/c1-2-3-4-5-7-6-12-8(9-7)13(10)11/h6,9H,2-5H2,1H3. The second-order valence-corrected chi connectivity index (χ2v) is 4.88. The Morgan fingerprint density at radius 2 is 2.23 bits per heavy atom. The highest BCUT2D eigenvalue weighted by atomic mass is 32.2. The molecule has 0 amide bonds. The summed E-state index contributed by atoms with van der Waals surface area (Å²) in [6, 6.07) is 0. The fourth-order valence-electron chi connectivity index (χ4n) is 1.08. The van der Waals surface area contributed by atoms with Gasteiger partial charge < -0.3 is 4.98 Å². The first kappa shape index (κ1) is 10.5. The SMILES string of the molecule is CCCCCc1csc(=S(=O)=O)[nH]1. The van der Waals surface area contributed by atoms with Gasteiger partial charge in [0, 0.05) is 11.1 Å². The molecule has 1 N–H and O–H groups in total. The third-order valence-electron chi connectivity index (χ3n) is 1.77. The fourth-order valence-corrected chi connectivity index (χ4v) is 2.37. The van der Waals surface area contributed by atoms with Crippen molar-refractivity contribution in [3.63, 3.8) is 0 Å². The van der Waals surface area contributed by atoms with Gasteiger partial charge in [0.1, 0.15) is 0 Å². The highest BCUT2D eigenvalue weighted by Gasteiger charge is 1.95. The number of rotatable bonds is 4. The minimum atomic E-state index is -2.10. The number of aromatic amines is 1. The molecule has 3 nitrogen and oxygen atoms in total. The molecule has 13 heavy (non-hydrogen) atoms. The molecule has 0 unspecified atom stereocenters. The number of H-pyrrole nitrogens is 1. The molecule has 0 aliphatic carbocycles. The molecular weight excluding hydrogens is 206 g/mol. The minimum Gasteiger partial charge on any atom is -0.337 e. The first-order valence-corrected chi connectivity index (χ1v) is 6.28. The molecule has 0 radical (unpaired) electrons. The second kappa shape index (κ2) is 5.24. The topological polar surface area (TPSA) is 49.9 Å². The highest BCUT2D eigenvalue weighted by molar-refractivity contribution is 7.66. The smallest absolute Gasteiger partial charge is 0.248 e. The molecule has 1 aromatic rings. The molecule has 0 aliphatic rings. The van der Waals surface area contributed by atoms with E-state index in [0.717, 1.165) is 18.5 Å². The zero-order chi connectivity index (χ0) is 9.68. The molecule has 1 rings (SSSR count). The summed E-state index contributed by atoms with van der Waals surface area (Å²) in [6.45, 7) is 2.15. The summed E-state index contributed by atoms with van der Waals surface area (Å²) in [7, 11) is -2.10. The summed E-state index contributed by atoms with van der Waals surface area (Å²) in [5.41, 5.74) is 1.03. The number of hydrogen-bond acceptors (Lipinski definition) is 3. The third kappa shape index (κ3) is 3.36.